The van der Waals surface area contributed by atoms with E-state index in [1.807, 2.05) is 0 Å². The number of primary amides is 1. The van der Waals surface area contributed by atoms with E-state index in [0.29, 0.717) is 28.4 Å². The number of rotatable bonds is 5. The molecule has 0 heterocycles. The Kier molecular flexibility index (Phi) is 4.67. The summed E-state index contributed by atoms with van der Waals surface area (Å²) in [5.74, 6) is 0.727. The summed E-state index contributed by atoms with van der Waals surface area (Å²) < 4.78 is 10.9. The van der Waals surface area contributed by atoms with Crippen LogP contribution in [0.1, 0.15) is 15.9 Å². The number of hydrogen-bond acceptors (Lipinski definition) is 4. The maximum Gasteiger partial charge on any atom is 0.248 e. The van der Waals surface area contributed by atoms with Gasteiger partial charge in [0, 0.05) is 5.56 Å². The summed E-state index contributed by atoms with van der Waals surface area (Å²) >= 11 is 6.06. The zero-order valence-corrected chi connectivity index (χ0v) is 12.1. The van der Waals surface area contributed by atoms with Gasteiger partial charge in [0.15, 0.2) is 11.5 Å². The van der Waals surface area contributed by atoms with Crippen LogP contribution in [0.25, 0.3) is 0 Å². The SMILES string of the molecule is COc1cc(CO)ccc1Oc1ccc(C(N)=O)cc1Cl. The smallest absolute Gasteiger partial charge is 0.248 e. The van der Waals surface area contributed by atoms with Crippen molar-refractivity contribution in [3.05, 3.63) is 52.5 Å². The third-order valence-corrected chi connectivity index (χ3v) is 3.14. The van der Waals surface area contributed by atoms with Crippen LogP contribution >= 0.6 is 11.6 Å². The van der Waals surface area contributed by atoms with E-state index in [-0.39, 0.29) is 11.6 Å². The fraction of sp³-hybridized carbons (Fsp3) is 0.133. The molecule has 3 N–H and O–H groups in total. The van der Waals surface area contributed by atoms with Gasteiger partial charge in [0.1, 0.15) is 5.75 Å². The molecule has 21 heavy (non-hydrogen) atoms. The van der Waals surface area contributed by atoms with Gasteiger partial charge in [-0.15, -0.1) is 0 Å². The Balaban J connectivity index is 2.32. The first-order chi connectivity index (χ1) is 10.0. The summed E-state index contributed by atoms with van der Waals surface area (Å²) in [7, 11) is 1.50. The largest absolute Gasteiger partial charge is 0.493 e. The maximum atomic E-state index is 11.1. The van der Waals surface area contributed by atoms with Gasteiger partial charge in [-0.25, -0.2) is 0 Å². The number of aliphatic hydroxyl groups excluding tert-OH is 1. The number of methoxy groups -OCH3 is 1. The highest BCUT2D eigenvalue weighted by Gasteiger charge is 2.11. The quantitative estimate of drug-likeness (QED) is 0.890. The number of benzene rings is 2. The van der Waals surface area contributed by atoms with E-state index in [1.54, 1.807) is 24.3 Å². The second kappa shape index (κ2) is 6.47. The molecule has 1 amide bonds. The lowest BCUT2D eigenvalue weighted by atomic mass is 10.2. The predicted octanol–water partition coefficient (Wildman–Crippen LogP) is 2.73. The second-order valence-electron chi connectivity index (χ2n) is 4.25. The molecule has 0 spiro atoms. The third kappa shape index (κ3) is 3.45. The van der Waals surface area contributed by atoms with Crippen LogP contribution in [-0.2, 0) is 6.61 Å². The van der Waals surface area contributed by atoms with E-state index in [1.165, 1.54) is 19.2 Å². The van der Waals surface area contributed by atoms with Gasteiger partial charge < -0.3 is 20.3 Å². The molecule has 0 aliphatic carbocycles. The monoisotopic (exact) mass is 307 g/mol. The molecule has 0 radical (unpaired) electrons. The number of aliphatic hydroxyl groups is 1. The number of nitrogens with two attached hydrogens (primary N) is 1. The topological polar surface area (TPSA) is 81.8 Å². The molecule has 0 aliphatic rings. The summed E-state index contributed by atoms with van der Waals surface area (Å²) in [5.41, 5.74) is 6.18. The molecule has 0 atom stereocenters. The summed E-state index contributed by atoms with van der Waals surface area (Å²) in [6.45, 7) is -0.0926. The molecule has 0 saturated carbocycles. The Morgan fingerprint density at radius 3 is 2.48 bits per heavy atom. The van der Waals surface area contributed by atoms with Crippen LogP contribution in [0.15, 0.2) is 36.4 Å². The highest BCUT2D eigenvalue weighted by Crippen LogP contribution is 2.35. The molecule has 0 aliphatic heterocycles. The van der Waals surface area contributed by atoms with Gasteiger partial charge in [-0.1, -0.05) is 17.7 Å². The summed E-state index contributed by atoms with van der Waals surface area (Å²) in [5, 5.41) is 9.37. The standard InChI is InChI=1S/C15H14ClNO4/c1-20-14-6-9(8-18)2-4-13(14)21-12-5-3-10(15(17)19)7-11(12)16/h2-7,18H,8H2,1H3,(H2,17,19). The molecule has 0 bridgehead atoms. The fourth-order valence-electron chi connectivity index (χ4n) is 1.75. The van der Waals surface area contributed by atoms with Crippen molar-refractivity contribution in [1.82, 2.24) is 0 Å². The molecule has 2 rings (SSSR count). The third-order valence-electron chi connectivity index (χ3n) is 2.85. The number of ether oxygens (including phenoxy) is 2. The number of amides is 1. The van der Waals surface area contributed by atoms with Crippen molar-refractivity contribution in [2.45, 2.75) is 6.61 Å². The van der Waals surface area contributed by atoms with Crippen molar-refractivity contribution in [3.63, 3.8) is 0 Å². The van der Waals surface area contributed by atoms with Gasteiger partial charge >= 0.3 is 0 Å². The minimum atomic E-state index is -0.562. The zero-order valence-electron chi connectivity index (χ0n) is 11.3. The van der Waals surface area contributed by atoms with Crippen LogP contribution in [0.3, 0.4) is 0 Å². The Hall–Kier alpha value is -2.24. The van der Waals surface area contributed by atoms with Crippen LogP contribution < -0.4 is 15.2 Å². The minimum Gasteiger partial charge on any atom is -0.493 e. The van der Waals surface area contributed by atoms with Crippen molar-refractivity contribution in [2.24, 2.45) is 5.73 Å². The second-order valence-corrected chi connectivity index (χ2v) is 4.66. The van der Waals surface area contributed by atoms with Crippen LogP contribution in [-0.4, -0.2) is 18.1 Å². The first kappa shape index (κ1) is 15.2. The van der Waals surface area contributed by atoms with Crippen LogP contribution in [0.4, 0.5) is 0 Å². The van der Waals surface area contributed by atoms with E-state index in [9.17, 15) is 4.79 Å². The van der Waals surface area contributed by atoms with Gasteiger partial charge in [-0.05, 0) is 35.9 Å². The molecule has 2 aromatic rings. The van der Waals surface area contributed by atoms with E-state index in [2.05, 4.69) is 0 Å². The average Bonchev–Trinajstić information content (AvgIpc) is 2.49. The molecule has 0 saturated heterocycles. The minimum absolute atomic E-state index is 0.0926. The zero-order chi connectivity index (χ0) is 15.4. The molecular formula is C15H14ClNO4. The molecule has 0 fully saturated rings. The molecule has 2 aromatic carbocycles. The average molecular weight is 308 g/mol. The molecular weight excluding hydrogens is 294 g/mol. The van der Waals surface area contributed by atoms with Gasteiger partial charge in [-0.2, -0.15) is 0 Å². The van der Waals surface area contributed by atoms with Crippen LogP contribution in [0.2, 0.25) is 5.02 Å². The van der Waals surface area contributed by atoms with Crippen LogP contribution in [0, 0.1) is 0 Å². The van der Waals surface area contributed by atoms with E-state index in [0.717, 1.165) is 0 Å². The lowest BCUT2D eigenvalue weighted by Gasteiger charge is -2.12. The summed E-state index contributed by atoms with van der Waals surface area (Å²) in [4.78, 5) is 11.1. The number of hydrogen-bond donors (Lipinski definition) is 2. The lowest BCUT2D eigenvalue weighted by Crippen LogP contribution is -2.10. The highest BCUT2D eigenvalue weighted by atomic mass is 35.5. The fourth-order valence-corrected chi connectivity index (χ4v) is 1.97. The molecule has 6 heteroatoms. The molecule has 5 nitrogen and oxygen atoms in total. The summed E-state index contributed by atoms with van der Waals surface area (Å²) in [6, 6.07) is 9.57. The van der Waals surface area contributed by atoms with Crippen molar-refractivity contribution in [2.75, 3.05) is 7.11 Å². The molecule has 110 valence electrons. The molecule has 0 aromatic heterocycles. The van der Waals surface area contributed by atoms with E-state index >= 15 is 0 Å². The van der Waals surface area contributed by atoms with Crippen molar-refractivity contribution >= 4 is 17.5 Å². The van der Waals surface area contributed by atoms with Gasteiger partial charge in [0.25, 0.3) is 0 Å². The normalized spacial score (nSPS) is 10.2. The van der Waals surface area contributed by atoms with E-state index in [4.69, 9.17) is 31.9 Å². The Morgan fingerprint density at radius 1 is 1.19 bits per heavy atom. The van der Waals surface area contributed by atoms with Gasteiger partial charge in [0.2, 0.25) is 5.91 Å². The first-order valence-electron chi connectivity index (χ1n) is 6.10. The molecule has 0 unspecified atom stereocenters. The predicted molar refractivity (Wildman–Crippen MR) is 79.0 cm³/mol. The highest BCUT2D eigenvalue weighted by molar-refractivity contribution is 6.32. The van der Waals surface area contributed by atoms with Crippen molar-refractivity contribution in [3.8, 4) is 17.2 Å². The maximum absolute atomic E-state index is 11.1. The van der Waals surface area contributed by atoms with E-state index < -0.39 is 5.91 Å². The lowest BCUT2D eigenvalue weighted by molar-refractivity contribution is 0.100. The number of carbonyl (C=O) groups is 1. The van der Waals surface area contributed by atoms with Crippen LogP contribution in [0.5, 0.6) is 17.2 Å². The Morgan fingerprint density at radius 2 is 1.90 bits per heavy atom. The van der Waals surface area contributed by atoms with Gasteiger partial charge in [0.05, 0.1) is 18.7 Å². The Labute approximate surface area is 126 Å². The number of carbonyl (C=O) groups excluding carboxylic acids is 1. The van der Waals surface area contributed by atoms with Crippen molar-refractivity contribution in [1.29, 1.82) is 0 Å². The Bertz CT molecular complexity index is 673. The first-order valence-corrected chi connectivity index (χ1v) is 6.48. The van der Waals surface area contributed by atoms with Crippen molar-refractivity contribution < 1.29 is 19.4 Å². The van der Waals surface area contributed by atoms with Gasteiger partial charge in [-0.3, -0.25) is 4.79 Å². The number of halogens is 1. The summed E-state index contributed by atoms with van der Waals surface area (Å²) in [6.07, 6.45) is 0.